The second-order valence-electron chi connectivity index (χ2n) is 6.71. The smallest absolute Gasteiger partial charge is 0.255 e. The molecule has 1 heterocycles. The molecular weight excluding hydrogens is 432 g/mol. The number of rotatable bonds is 7. The molecule has 0 bridgehead atoms. The minimum absolute atomic E-state index is 0.00957. The fourth-order valence-electron chi connectivity index (χ4n) is 2.96. The molecule has 0 aliphatic heterocycles. The van der Waals surface area contributed by atoms with Gasteiger partial charge in [0, 0.05) is 23.1 Å². The van der Waals surface area contributed by atoms with Gasteiger partial charge in [-0.3, -0.25) is 9.59 Å². The molecule has 0 atom stereocenters. The largest absolute Gasteiger partial charge is 0.348 e. The van der Waals surface area contributed by atoms with Crippen LogP contribution in [0.15, 0.2) is 59.2 Å². The summed E-state index contributed by atoms with van der Waals surface area (Å²) in [5.41, 5.74) is 3.83. The molecule has 29 heavy (non-hydrogen) atoms. The number of halogens is 1. The Kier molecular flexibility index (Phi) is 6.82. The van der Waals surface area contributed by atoms with Crippen LogP contribution in [-0.4, -0.2) is 21.6 Å². The van der Waals surface area contributed by atoms with Crippen molar-refractivity contribution in [3.63, 3.8) is 0 Å². The van der Waals surface area contributed by atoms with Crippen LogP contribution in [-0.2, 0) is 11.3 Å². The Balaban J connectivity index is 1.66. The van der Waals surface area contributed by atoms with Gasteiger partial charge in [-0.25, -0.2) is 4.68 Å². The number of anilines is 1. The number of amides is 2. The van der Waals surface area contributed by atoms with E-state index in [-0.39, 0.29) is 11.8 Å². The number of hydrogen-bond donors (Lipinski definition) is 2. The number of nitrogens with zero attached hydrogens (tertiary/aromatic N) is 2. The number of carbonyl (C=O) groups excluding carboxylic acids is 2. The van der Waals surface area contributed by atoms with Gasteiger partial charge in [0.2, 0.25) is 5.91 Å². The average Bonchev–Trinajstić information content (AvgIpc) is 3.09. The third kappa shape index (κ3) is 5.32. The van der Waals surface area contributed by atoms with Gasteiger partial charge in [-0.1, -0.05) is 35.0 Å². The van der Waals surface area contributed by atoms with E-state index in [1.165, 1.54) is 0 Å². The predicted octanol–water partition coefficient (Wildman–Crippen LogP) is 4.61. The van der Waals surface area contributed by atoms with Gasteiger partial charge in [0.25, 0.3) is 5.91 Å². The van der Waals surface area contributed by atoms with Crippen molar-refractivity contribution in [3.05, 3.63) is 76.0 Å². The lowest BCUT2D eigenvalue weighted by molar-refractivity contribution is -0.116. The summed E-state index contributed by atoms with van der Waals surface area (Å²) in [4.78, 5) is 24.4. The second-order valence-corrected chi connectivity index (χ2v) is 7.63. The van der Waals surface area contributed by atoms with Crippen LogP contribution in [0.25, 0.3) is 5.69 Å². The molecule has 3 rings (SSSR count). The van der Waals surface area contributed by atoms with Crippen LogP contribution in [0.1, 0.15) is 41.4 Å². The van der Waals surface area contributed by atoms with Gasteiger partial charge in [-0.15, -0.1) is 0 Å². The van der Waals surface area contributed by atoms with Crippen LogP contribution in [0.4, 0.5) is 5.69 Å². The highest BCUT2D eigenvalue weighted by molar-refractivity contribution is 9.10. The maximum atomic E-state index is 12.6. The molecule has 0 aliphatic carbocycles. The predicted molar refractivity (Wildman–Crippen MR) is 117 cm³/mol. The highest BCUT2D eigenvalue weighted by Gasteiger charge is 2.15. The molecule has 0 aliphatic rings. The Morgan fingerprint density at radius 3 is 2.62 bits per heavy atom. The highest BCUT2D eigenvalue weighted by atomic mass is 79.9. The topological polar surface area (TPSA) is 76.0 Å². The molecule has 0 spiro atoms. The van der Waals surface area contributed by atoms with Gasteiger partial charge < -0.3 is 10.6 Å². The molecule has 2 N–H and O–H groups in total. The van der Waals surface area contributed by atoms with Crippen molar-refractivity contribution in [2.45, 2.75) is 33.2 Å². The maximum absolute atomic E-state index is 12.6. The van der Waals surface area contributed by atoms with Gasteiger partial charge in [0.1, 0.15) is 0 Å². The van der Waals surface area contributed by atoms with Gasteiger partial charge >= 0.3 is 0 Å². The summed E-state index contributed by atoms with van der Waals surface area (Å²) in [6.45, 7) is 4.19. The summed E-state index contributed by atoms with van der Waals surface area (Å²) in [6.07, 6.45) is 2.87. The van der Waals surface area contributed by atoms with Crippen molar-refractivity contribution in [3.8, 4) is 5.69 Å². The van der Waals surface area contributed by atoms with Crippen LogP contribution < -0.4 is 10.6 Å². The third-order valence-corrected chi connectivity index (χ3v) is 5.00. The Hall–Kier alpha value is -2.93. The van der Waals surface area contributed by atoms with Crippen molar-refractivity contribution >= 4 is 33.4 Å². The van der Waals surface area contributed by atoms with Crippen LogP contribution >= 0.6 is 15.9 Å². The van der Waals surface area contributed by atoms with E-state index in [1.807, 2.05) is 62.4 Å². The lowest BCUT2D eigenvalue weighted by Crippen LogP contribution is -2.23. The fourth-order valence-corrected chi connectivity index (χ4v) is 3.23. The number of nitrogens with one attached hydrogen (secondary N) is 2. The van der Waals surface area contributed by atoms with E-state index < -0.39 is 0 Å². The van der Waals surface area contributed by atoms with Gasteiger partial charge in [0.15, 0.2) is 0 Å². The van der Waals surface area contributed by atoms with Crippen LogP contribution in [0, 0.1) is 6.92 Å². The van der Waals surface area contributed by atoms with Crippen molar-refractivity contribution in [2.24, 2.45) is 0 Å². The lowest BCUT2D eigenvalue weighted by atomic mass is 10.2. The molecular formula is C22H23BrN4O2. The molecule has 6 nitrogen and oxygen atoms in total. The monoisotopic (exact) mass is 454 g/mol. The van der Waals surface area contributed by atoms with Crippen LogP contribution in [0.3, 0.4) is 0 Å². The fraction of sp³-hybridized carbons (Fsp3) is 0.227. The second kappa shape index (κ2) is 9.52. The van der Waals surface area contributed by atoms with Crippen LogP contribution in [0.5, 0.6) is 0 Å². The number of benzene rings is 2. The molecule has 0 saturated heterocycles. The molecule has 0 unspecified atom stereocenters. The van der Waals surface area contributed by atoms with E-state index in [0.717, 1.165) is 33.5 Å². The maximum Gasteiger partial charge on any atom is 0.255 e. The van der Waals surface area contributed by atoms with Crippen LogP contribution in [0.2, 0.25) is 0 Å². The van der Waals surface area contributed by atoms with E-state index >= 15 is 0 Å². The normalized spacial score (nSPS) is 10.6. The van der Waals surface area contributed by atoms with E-state index in [4.69, 9.17) is 0 Å². The molecule has 0 fully saturated rings. The molecule has 0 radical (unpaired) electrons. The average molecular weight is 455 g/mol. The van der Waals surface area contributed by atoms with Crippen molar-refractivity contribution in [1.82, 2.24) is 15.1 Å². The molecule has 0 saturated carbocycles. The van der Waals surface area contributed by atoms with E-state index in [9.17, 15) is 9.59 Å². The third-order valence-electron chi connectivity index (χ3n) is 4.47. The van der Waals surface area contributed by atoms with E-state index in [0.29, 0.717) is 18.5 Å². The number of carbonyl (C=O) groups is 2. The first-order valence-electron chi connectivity index (χ1n) is 9.45. The zero-order valence-corrected chi connectivity index (χ0v) is 18.0. The van der Waals surface area contributed by atoms with Crippen molar-refractivity contribution in [2.75, 3.05) is 5.32 Å². The number of hydrogen-bond acceptors (Lipinski definition) is 3. The summed E-state index contributed by atoms with van der Waals surface area (Å²) in [5.74, 6) is -0.198. The van der Waals surface area contributed by atoms with Crippen molar-refractivity contribution in [1.29, 1.82) is 0 Å². The Bertz CT molecular complexity index is 1010. The summed E-state index contributed by atoms with van der Waals surface area (Å²) in [7, 11) is 0. The molecule has 2 amide bonds. The Morgan fingerprint density at radius 2 is 1.90 bits per heavy atom. The van der Waals surface area contributed by atoms with Crippen molar-refractivity contribution < 1.29 is 9.59 Å². The summed E-state index contributed by atoms with van der Waals surface area (Å²) in [5, 5.41) is 10.1. The number of aromatic nitrogens is 2. The quantitative estimate of drug-likeness (QED) is 0.546. The summed E-state index contributed by atoms with van der Waals surface area (Å²) < 4.78 is 2.72. The molecule has 2 aromatic carbocycles. The summed E-state index contributed by atoms with van der Waals surface area (Å²) in [6, 6.07) is 15.2. The first-order valence-corrected chi connectivity index (χ1v) is 10.2. The minimum atomic E-state index is -0.189. The molecule has 7 heteroatoms. The Morgan fingerprint density at radius 1 is 1.14 bits per heavy atom. The summed E-state index contributed by atoms with van der Waals surface area (Å²) >= 11 is 3.42. The lowest BCUT2D eigenvalue weighted by Gasteiger charge is -2.09. The Labute approximate surface area is 178 Å². The van der Waals surface area contributed by atoms with E-state index in [2.05, 4.69) is 31.7 Å². The minimum Gasteiger partial charge on any atom is -0.348 e. The van der Waals surface area contributed by atoms with Gasteiger partial charge in [0.05, 0.1) is 23.1 Å². The SMILES string of the molecule is CCCC(=O)Nc1cccc(CNC(=O)c2cnn(-c3ccc(Br)cc3)c2C)c1. The van der Waals surface area contributed by atoms with Gasteiger partial charge in [-0.05, 0) is 55.3 Å². The molecule has 1 aromatic heterocycles. The first-order chi connectivity index (χ1) is 14.0. The van der Waals surface area contributed by atoms with E-state index in [1.54, 1.807) is 10.9 Å². The van der Waals surface area contributed by atoms with Gasteiger partial charge in [-0.2, -0.15) is 5.10 Å². The first kappa shape index (κ1) is 20.8. The zero-order chi connectivity index (χ0) is 20.8. The standard InChI is InChI=1S/C22H23BrN4O2/c1-3-5-21(28)26-18-7-4-6-16(12-18)13-24-22(29)20-14-25-27(15(20)2)19-10-8-17(23)9-11-19/h4,6-12,14H,3,5,13H2,1-2H3,(H,24,29)(H,26,28). The molecule has 150 valence electrons. The highest BCUT2D eigenvalue weighted by Crippen LogP contribution is 2.17. The molecule has 3 aromatic rings. The zero-order valence-electron chi connectivity index (χ0n) is 16.4.